The molecule has 1 rings (SSSR count). The van der Waals surface area contributed by atoms with Crippen molar-refractivity contribution in [3.8, 4) is 0 Å². The molecular formula is C13H21FN2. The Morgan fingerprint density at radius 2 is 2.12 bits per heavy atom. The third-order valence-corrected chi connectivity index (χ3v) is 3.28. The lowest BCUT2D eigenvalue weighted by Crippen LogP contribution is -2.52. The number of hydrogen-bond donors (Lipinski definition) is 2. The Labute approximate surface area is 97.0 Å². The van der Waals surface area contributed by atoms with E-state index in [-0.39, 0.29) is 11.4 Å². The van der Waals surface area contributed by atoms with Crippen LogP contribution in [0.5, 0.6) is 0 Å². The van der Waals surface area contributed by atoms with Gasteiger partial charge in [-0.2, -0.15) is 0 Å². The van der Waals surface area contributed by atoms with Crippen molar-refractivity contribution in [1.82, 2.24) is 5.32 Å². The van der Waals surface area contributed by atoms with Crippen LogP contribution >= 0.6 is 0 Å². The van der Waals surface area contributed by atoms with Crippen molar-refractivity contribution in [2.24, 2.45) is 11.7 Å². The maximum atomic E-state index is 13.0. The molecule has 16 heavy (non-hydrogen) atoms. The molecule has 0 amide bonds. The standard InChI is InChI=1S/C13H21FN2/c1-10(2)13(3,9-15)16-8-11-5-4-6-12(14)7-11/h4-7,10,16H,8-9,15H2,1-3H3. The fourth-order valence-electron chi connectivity index (χ4n) is 1.46. The molecule has 3 heteroatoms. The SMILES string of the molecule is CC(C)C(C)(CN)NCc1cccc(F)c1. The van der Waals surface area contributed by atoms with E-state index < -0.39 is 0 Å². The van der Waals surface area contributed by atoms with Crippen molar-refractivity contribution in [2.45, 2.75) is 32.9 Å². The molecule has 0 bridgehead atoms. The van der Waals surface area contributed by atoms with Crippen molar-refractivity contribution in [3.05, 3.63) is 35.6 Å². The van der Waals surface area contributed by atoms with Crippen LogP contribution in [0.4, 0.5) is 4.39 Å². The molecule has 0 saturated carbocycles. The van der Waals surface area contributed by atoms with Crippen LogP contribution in [0, 0.1) is 11.7 Å². The molecule has 0 spiro atoms. The first-order valence-corrected chi connectivity index (χ1v) is 5.67. The molecule has 1 aromatic rings. The van der Waals surface area contributed by atoms with Crippen LogP contribution in [0.3, 0.4) is 0 Å². The van der Waals surface area contributed by atoms with Crippen LogP contribution in [-0.4, -0.2) is 12.1 Å². The number of nitrogens with two attached hydrogens (primary N) is 1. The van der Waals surface area contributed by atoms with E-state index in [9.17, 15) is 4.39 Å². The number of rotatable bonds is 5. The quantitative estimate of drug-likeness (QED) is 0.805. The van der Waals surface area contributed by atoms with Gasteiger partial charge in [0.1, 0.15) is 5.82 Å². The lowest BCUT2D eigenvalue weighted by atomic mass is 9.88. The number of benzene rings is 1. The van der Waals surface area contributed by atoms with Gasteiger partial charge in [-0.05, 0) is 30.5 Å². The Bertz CT molecular complexity index is 338. The maximum absolute atomic E-state index is 13.0. The van der Waals surface area contributed by atoms with Gasteiger partial charge in [0.05, 0.1) is 0 Å². The zero-order valence-corrected chi connectivity index (χ0v) is 10.3. The van der Waals surface area contributed by atoms with Gasteiger partial charge in [0.2, 0.25) is 0 Å². The summed E-state index contributed by atoms with van der Waals surface area (Å²) in [5.74, 6) is 0.240. The fraction of sp³-hybridized carbons (Fsp3) is 0.538. The van der Waals surface area contributed by atoms with E-state index in [0.29, 0.717) is 19.0 Å². The lowest BCUT2D eigenvalue weighted by molar-refractivity contribution is 0.267. The molecule has 0 aliphatic carbocycles. The number of halogens is 1. The minimum atomic E-state index is -0.196. The van der Waals surface area contributed by atoms with E-state index in [1.807, 2.05) is 6.07 Å². The van der Waals surface area contributed by atoms with Gasteiger partial charge in [0, 0.05) is 18.6 Å². The zero-order valence-electron chi connectivity index (χ0n) is 10.3. The van der Waals surface area contributed by atoms with Gasteiger partial charge in [-0.15, -0.1) is 0 Å². The van der Waals surface area contributed by atoms with Gasteiger partial charge >= 0.3 is 0 Å². The Morgan fingerprint density at radius 1 is 1.44 bits per heavy atom. The summed E-state index contributed by atoms with van der Waals surface area (Å²) in [7, 11) is 0. The largest absolute Gasteiger partial charge is 0.329 e. The van der Waals surface area contributed by atoms with E-state index in [2.05, 4.69) is 26.1 Å². The molecule has 3 N–H and O–H groups in total. The summed E-state index contributed by atoms with van der Waals surface area (Å²) < 4.78 is 13.0. The van der Waals surface area contributed by atoms with Crippen molar-refractivity contribution < 1.29 is 4.39 Å². The van der Waals surface area contributed by atoms with Gasteiger partial charge in [0.15, 0.2) is 0 Å². The zero-order chi connectivity index (χ0) is 12.2. The third-order valence-electron chi connectivity index (χ3n) is 3.28. The highest BCUT2D eigenvalue weighted by Gasteiger charge is 2.25. The Kier molecular flexibility index (Phi) is 4.44. The van der Waals surface area contributed by atoms with Crippen LogP contribution in [-0.2, 0) is 6.54 Å². The fourth-order valence-corrected chi connectivity index (χ4v) is 1.46. The highest BCUT2D eigenvalue weighted by molar-refractivity contribution is 5.16. The van der Waals surface area contributed by atoms with E-state index in [4.69, 9.17) is 5.73 Å². The Balaban J connectivity index is 2.63. The van der Waals surface area contributed by atoms with E-state index in [1.54, 1.807) is 12.1 Å². The van der Waals surface area contributed by atoms with Gasteiger partial charge in [-0.1, -0.05) is 26.0 Å². The normalized spacial score (nSPS) is 15.1. The van der Waals surface area contributed by atoms with Crippen LogP contribution in [0.2, 0.25) is 0 Å². The summed E-state index contributed by atoms with van der Waals surface area (Å²) in [6.07, 6.45) is 0. The predicted molar refractivity (Wildman–Crippen MR) is 65.5 cm³/mol. The molecule has 2 nitrogen and oxygen atoms in total. The lowest BCUT2D eigenvalue weighted by Gasteiger charge is -2.33. The third kappa shape index (κ3) is 3.29. The minimum Gasteiger partial charge on any atom is -0.329 e. The molecule has 1 unspecified atom stereocenters. The molecule has 0 radical (unpaired) electrons. The van der Waals surface area contributed by atoms with Crippen LogP contribution < -0.4 is 11.1 Å². The molecule has 0 aromatic heterocycles. The second-order valence-corrected chi connectivity index (χ2v) is 4.76. The first-order chi connectivity index (χ1) is 7.48. The smallest absolute Gasteiger partial charge is 0.123 e. The summed E-state index contributed by atoms with van der Waals surface area (Å²) in [4.78, 5) is 0. The molecule has 0 fully saturated rings. The second-order valence-electron chi connectivity index (χ2n) is 4.76. The Hall–Kier alpha value is -0.930. The first-order valence-electron chi connectivity index (χ1n) is 5.67. The van der Waals surface area contributed by atoms with Crippen LogP contribution in [0.1, 0.15) is 26.3 Å². The van der Waals surface area contributed by atoms with Crippen LogP contribution in [0.25, 0.3) is 0 Å². The van der Waals surface area contributed by atoms with Gasteiger partial charge < -0.3 is 11.1 Å². The molecule has 0 aliphatic heterocycles. The highest BCUT2D eigenvalue weighted by atomic mass is 19.1. The van der Waals surface area contributed by atoms with Crippen molar-refractivity contribution in [1.29, 1.82) is 0 Å². The average molecular weight is 224 g/mol. The van der Waals surface area contributed by atoms with Crippen molar-refractivity contribution in [2.75, 3.05) is 6.54 Å². The molecule has 1 atom stereocenters. The molecule has 0 saturated heterocycles. The number of hydrogen-bond acceptors (Lipinski definition) is 2. The average Bonchev–Trinajstić information content (AvgIpc) is 2.26. The maximum Gasteiger partial charge on any atom is 0.123 e. The van der Waals surface area contributed by atoms with E-state index in [1.165, 1.54) is 6.07 Å². The van der Waals surface area contributed by atoms with Crippen molar-refractivity contribution in [3.63, 3.8) is 0 Å². The molecule has 0 aliphatic rings. The minimum absolute atomic E-state index is 0.105. The predicted octanol–water partition coefficient (Wildman–Crippen LogP) is 2.29. The first kappa shape index (κ1) is 13.1. The summed E-state index contributed by atoms with van der Waals surface area (Å²) in [5.41, 5.74) is 6.61. The van der Waals surface area contributed by atoms with Gasteiger partial charge in [0.25, 0.3) is 0 Å². The summed E-state index contributed by atoms with van der Waals surface area (Å²) >= 11 is 0. The summed E-state index contributed by atoms with van der Waals surface area (Å²) in [6.45, 7) is 7.57. The van der Waals surface area contributed by atoms with E-state index >= 15 is 0 Å². The molecule has 90 valence electrons. The molecular weight excluding hydrogens is 203 g/mol. The van der Waals surface area contributed by atoms with Gasteiger partial charge in [-0.25, -0.2) is 4.39 Å². The second kappa shape index (κ2) is 5.41. The van der Waals surface area contributed by atoms with Crippen LogP contribution in [0.15, 0.2) is 24.3 Å². The van der Waals surface area contributed by atoms with Crippen molar-refractivity contribution >= 4 is 0 Å². The topological polar surface area (TPSA) is 38.0 Å². The Morgan fingerprint density at radius 3 is 2.62 bits per heavy atom. The molecule has 1 aromatic carbocycles. The monoisotopic (exact) mass is 224 g/mol. The number of nitrogens with one attached hydrogen (secondary N) is 1. The van der Waals surface area contributed by atoms with Gasteiger partial charge in [-0.3, -0.25) is 0 Å². The summed E-state index contributed by atoms with van der Waals surface area (Å²) in [6, 6.07) is 6.63. The highest BCUT2D eigenvalue weighted by Crippen LogP contribution is 2.15. The molecule has 0 heterocycles. The summed E-state index contributed by atoms with van der Waals surface area (Å²) in [5, 5.41) is 3.40. The van der Waals surface area contributed by atoms with E-state index in [0.717, 1.165) is 5.56 Å².